The van der Waals surface area contributed by atoms with E-state index in [1.54, 1.807) is 4.90 Å². The molecule has 1 aromatic carbocycles. The van der Waals surface area contributed by atoms with Crippen molar-refractivity contribution in [1.82, 2.24) is 4.90 Å². The van der Waals surface area contributed by atoms with Crippen molar-refractivity contribution in [3.05, 3.63) is 22.7 Å². The molecule has 0 aliphatic carbocycles. The van der Waals surface area contributed by atoms with Crippen molar-refractivity contribution in [3.63, 3.8) is 0 Å². The summed E-state index contributed by atoms with van der Waals surface area (Å²) in [5, 5.41) is 3.40. The van der Waals surface area contributed by atoms with Crippen molar-refractivity contribution >= 4 is 35.2 Å². The first-order valence-electron chi connectivity index (χ1n) is 9.78. The van der Waals surface area contributed by atoms with Crippen molar-refractivity contribution in [1.29, 1.82) is 0 Å². The Kier molecular flexibility index (Phi) is 6.93. The number of aryl methyl sites for hydroxylation is 1. The van der Waals surface area contributed by atoms with Gasteiger partial charge in [0.15, 0.2) is 0 Å². The minimum absolute atomic E-state index is 0.306. The van der Waals surface area contributed by atoms with Gasteiger partial charge in [-0.2, -0.15) is 0 Å². The normalized spacial score (nSPS) is 15.2. The minimum Gasteiger partial charge on any atom is -0.444 e. The molecule has 1 aliphatic rings. The Bertz CT molecular complexity index is 760. The summed E-state index contributed by atoms with van der Waals surface area (Å²) in [4.78, 5) is 28.2. The Balaban J connectivity index is 2.08. The first kappa shape index (κ1) is 23.1. The Labute approximate surface area is 178 Å². The zero-order chi connectivity index (χ0) is 22.0. The Morgan fingerprint density at radius 2 is 1.52 bits per heavy atom. The number of hydrogen-bond donors (Lipinski definition) is 1. The third-order valence-corrected chi connectivity index (χ3v) is 4.50. The second kappa shape index (κ2) is 8.69. The highest BCUT2D eigenvalue weighted by Gasteiger charge is 2.27. The van der Waals surface area contributed by atoms with E-state index in [1.807, 2.05) is 60.6 Å². The van der Waals surface area contributed by atoms with Gasteiger partial charge >= 0.3 is 12.2 Å². The molecule has 0 radical (unpaired) electrons. The molecule has 2 amide bonds. The highest BCUT2D eigenvalue weighted by atomic mass is 35.5. The fourth-order valence-electron chi connectivity index (χ4n) is 2.91. The summed E-state index contributed by atoms with van der Waals surface area (Å²) in [5.41, 5.74) is 1.21. The first-order valence-corrected chi connectivity index (χ1v) is 10.2. The molecule has 1 aromatic rings. The quantitative estimate of drug-likeness (QED) is 0.717. The monoisotopic (exact) mass is 425 g/mol. The van der Waals surface area contributed by atoms with Gasteiger partial charge in [0.2, 0.25) is 0 Å². The minimum atomic E-state index is -0.578. The van der Waals surface area contributed by atoms with Crippen molar-refractivity contribution in [2.75, 3.05) is 36.4 Å². The van der Waals surface area contributed by atoms with Crippen LogP contribution in [0.3, 0.4) is 0 Å². The summed E-state index contributed by atoms with van der Waals surface area (Å²) >= 11 is 6.47. The van der Waals surface area contributed by atoms with Crippen LogP contribution in [0.4, 0.5) is 21.0 Å². The lowest BCUT2D eigenvalue weighted by Gasteiger charge is -2.37. The van der Waals surface area contributed by atoms with Crippen LogP contribution in [0.2, 0.25) is 5.02 Å². The zero-order valence-corrected chi connectivity index (χ0v) is 19.1. The van der Waals surface area contributed by atoms with Crippen LogP contribution in [0.1, 0.15) is 47.1 Å². The van der Waals surface area contributed by atoms with Gasteiger partial charge in [0.25, 0.3) is 0 Å². The van der Waals surface area contributed by atoms with E-state index in [1.165, 1.54) is 0 Å². The Morgan fingerprint density at radius 1 is 0.966 bits per heavy atom. The smallest absolute Gasteiger partial charge is 0.412 e. The molecule has 0 atom stereocenters. The Hall–Kier alpha value is -2.15. The molecule has 1 heterocycles. The predicted octanol–water partition coefficient (Wildman–Crippen LogP) is 5.05. The number of rotatable bonds is 2. The van der Waals surface area contributed by atoms with Crippen LogP contribution in [0.5, 0.6) is 0 Å². The highest BCUT2D eigenvalue weighted by Crippen LogP contribution is 2.33. The van der Waals surface area contributed by atoms with Crippen molar-refractivity contribution in [2.45, 2.75) is 59.7 Å². The summed E-state index contributed by atoms with van der Waals surface area (Å²) in [6, 6.07) is 3.68. The number of ether oxygens (including phenoxy) is 2. The number of carbonyl (C=O) groups excluding carboxylic acids is 2. The SMILES string of the molecule is Cc1cc(Cl)c(N2CCN(C(=O)OC(C)(C)C)CC2)cc1NC(=O)OC(C)(C)C. The summed E-state index contributed by atoms with van der Waals surface area (Å²) in [6.45, 7) is 15.2. The molecule has 0 bridgehead atoms. The standard InChI is InChI=1S/C21H32ClN3O4/c1-14-12-15(22)17(13-16(14)23-18(26)28-20(2,3)4)24-8-10-25(11-9-24)19(27)29-21(5,6)7/h12-13H,8-11H2,1-7H3,(H,23,26). The topological polar surface area (TPSA) is 71.1 Å². The lowest BCUT2D eigenvalue weighted by Crippen LogP contribution is -2.50. The van der Waals surface area contributed by atoms with Crippen LogP contribution in [0, 0.1) is 6.92 Å². The Morgan fingerprint density at radius 3 is 2.03 bits per heavy atom. The average molecular weight is 426 g/mol. The van der Waals surface area contributed by atoms with Gasteiger partial charge in [0.05, 0.1) is 10.7 Å². The van der Waals surface area contributed by atoms with Crippen molar-refractivity contribution < 1.29 is 19.1 Å². The van der Waals surface area contributed by atoms with E-state index in [0.29, 0.717) is 36.9 Å². The molecule has 0 spiro atoms. The molecule has 1 fully saturated rings. The summed E-state index contributed by atoms with van der Waals surface area (Å²) < 4.78 is 10.8. The van der Waals surface area contributed by atoms with Gasteiger partial charge in [-0.25, -0.2) is 9.59 Å². The summed E-state index contributed by atoms with van der Waals surface area (Å²) in [6.07, 6.45) is -0.817. The van der Waals surface area contributed by atoms with Gasteiger partial charge in [0.1, 0.15) is 11.2 Å². The van der Waals surface area contributed by atoms with Gasteiger partial charge in [-0.3, -0.25) is 5.32 Å². The van der Waals surface area contributed by atoms with Gasteiger partial charge in [-0.1, -0.05) is 11.6 Å². The number of piperazine rings is 1. The van der Waals surface area contributed by atoms with E-state index in [0.717, 1.165) is 11.3 Å². The maximum Gasteiger partial charge on any atom is 0.412 e. The van der Waals surface area contributed by atoms with Crippen LogP contribution in [-0.4, -0.2) is 54.5 Å². The third kappa shape index (κ3) is 6.99. The van der Waals surface area contributed by atoms with Gasteiger partial charge < -0.3 is 19.3 Å². The molecular formula is C21H32ClN3O4. The van der Waals surface area contributed by atoms with Crippen LogP contribution in [0.15, 0.2) is 12.1 Å². The lowest BCUT2D eigenvalue weighted by atomic mass is 10.1. The number of anilines is 2. The van der Waals surface area contributed by atoms with E-state index in [4.69, 9.17) is 21.1 Å². The number of amides is 2. The molecular weight excluding hydrogens is 394 g/mol. The molecule has 162 valence electrons. The van der Waals surface area contributed by atoms with E-state index in [2.05, 4.69) is 10.2 Å². The third-order valence-electron chi connectivity index (χ3n) is 4.20. The van der Waals surface area contributed by atoms with E-state index in [9.17, 15) is 9.59 Å². The first-order chi connectivity index (χ1) is 13.2. The number of hydrogen-bond acceptors (Lipinski definition) is 5. The van der Waals surface area contributed by atoms with Crippen LogP contribution >= 0.6 is 11.6 Å². The predicted molar refractivity (Wildman–Crippen MR) is 116 cm³/mol. The molecule has 0 saturated carbocycles. The average Bonchev–Trinajstić information content (AvgIpc) is 2.54. The fraction of sp³-hybridized carbons (Fsp3) is 0.619. The summed E-state index contributed by atoms with van der Waals surface area (Å²) in [7, 11) is 0. The van der Waals surface area contributed by atoms with Crippen LogP contribution < -0.4 is 10.2 Å². The van der Waals surface area contributed by atoms with Crippen molar-refractivity contribution in [2.24, 2.45) is 0 Å². The van der Waals surface area contributed by atoms with E-state index in [-0.39, 0.29) is 6.09 Å². The lowest BCUT2D eigenvalue weighted by molar-refractivity contribution is 0.0240. The number of benzene rings is 1. The number of nitrogens with one attached hydrogen (secondary N) is 1. The molecule has 1 saturated heterocycles. The number of nitrogens with zero attached hydrogens (tertiary/aromatic N) is 2. The number of halogens is 1. The fourth-order valence-corrected chi connectivity index (χ4v) is 3.25. The second-order valence-corrected chi connectivity index (χ2v) is 9.61. The molecule has 8 heteroatoms. The molecule has 29 heavy (non-hydrogen) atoms. The van der Waals surface area contributed by atoms with Gasteiger partial charge in [-0.05, 0) is 66.2 Å². The van der Waals surface area contributed by atoms with Crippen LogP contribution in [0.25, 0.3) is 0 Å². The van der Waals surface area contributed by atoms with Crippen LogP contribution in [-0.2, 0) is 9.47 Å². The zero-order valence-electron chi connectivity index (χ0n) is 18.4. The molecule has 1 N–H and O–H groups in total. The second-order valence-electron chi connectivity index (χ2n) is 9.20. The van der Waals surface area contributed by atoms with E-state index >= 15 is 0 Å². The summed E-state index contributed by atoms with van der Waals surface area (Å²) in [5.74, 6) is 0. The maximum absolute atomic E-state index is 12.3. The van der Waals surface area contributed by atoms with Crippen molar-refractivity contribution in [3.8, 4) is 0 Å². The molecule has 0 aromatic heterocycles. The largest absolute Gasteiger partial charge is 0.444 e. The maximum atomic E-state index is 12.3. The molecule has 0 unspecified atom stereocenters. The van der Waals surface area contributed by atoms with Gasteiger partial charge in [0, 0.05) is 31.9 Å². The molecule has 7 nitrogen and oxygen atoms in total. The van der Waals surface area contributed by atoms with E-state index < -0.39 is 17.3 Å². The highest BCUT2D eigenvalue weighted by molar-refractivity contribution is 6.33. The van der Waals surface area contributed by atoms with Gasteiger partial charge in [-0.15, -0.1) is 0 Å². The number of carbonyl (C=O) groups is 2. The molecule has 1 aliphatic heterocycles. The molecule has 2 rings (SSSR count).